The standard InChI is InChI=1S/C13H21N7O/c1-3-4-5-6-7-8-21-13-18-11(14-2)17-12(19-13)20-10-15-9-16-20/h9-10H,3-8H2,1-2H3,(H,14,17,18,19). The Bertz CT molecular complexity index is 529. The van der Waals surface area contributed by atoms with Crippen molar-refractivity contribution >= 4 is 5.95 Å². The monoisotopic (exact) mass is 291 g/mol. The third-order valence-electron chi connectivity index (χ3n) is 2.93. The lowest BCUT2D eigenvalue weighted by molar-refractivity contribution is 0.280. The van der Waals surface area contributed by atoms with Crippen LogP contribution in [-0.4, -0.2) is 43.4 Å². The molecule has 114 valence electrons. The summed E-state index contributed by atoms with van der Waals surface area (Å²) in [5.41, 5.74) is 0. The summed E-state index contributed by atoms with van der Waals surface area (Å²) in [7, 11) is 1.75. The van der Waals surface area contributed by atoms with Crippen molar-refractivity contribution in [3.8, 4) is 12.0 Å². The Morgan fingerprint density at radius 1 is 1.14 bits per heavy atom. The molecule has 0 unspecified atom stereocenters. The molecule has 0 aliphatic carbocycles. The highest BCUT2D eigenvalue weighted by molar-refractivity contribution is 5.28. The highest BCUT2D eigenvalue weighted by Gasteiger charge is 2.08. The van der Waals surface area contributed by atoms with Crippen LogP contribution in [0.15, 0.2) is 12.7 Å². The smallest absolute Gasteiger partial charge is 0.323 e. The van der Waals surface area contributed by atoms with Gasteiger partial charge in [-0.1, -0.05) is 32.6 Å². The molecule has 0 aromatic carbocycles. The molecule has 2 rings (SSSR count). The summed E-state index contributed by atoms with van der Waals surface area (Å²) in [6.07, 6.45) is 8.86. The van der Waals surface area contributed by atoms with Crippen molar-refractivity contribution in [3.05, 3.63) is 12.7 Å². The fourth-order valence-corrected chi connectivity index (χ4v) is 1.81. The van der Waals surface area contributed by atoms with Gasteiger partial charge in [0.2, 0.25) is 5.95 Å². The molecule has 0 bridgehead atoms. The maximum atomic E-state index is 5.60. The summed E-state index contributed by atoms with van der Waals surface area (Å²) in [5, 5.41) is 6.89. The molecule has 2 heterocycles. The zero-order valence-electron chi connectivity index (χ0n) is 12.5. The number of aromatic nitrogens is 6. The average Bonchev–Trinajstić information content (AvgIpc) is 3.05. The number of unbranched alkanes of at least 4 members (excludes halogenated alkanes) is 4. The van der Waals surface area contributed by atoms with Crippen LogP contribution in [0.1, 0.15) is 39.0 Å². The maximum absolute atomic E-state index is 5.60. The van der Waals surface area contributed by atoms with E-state index in [1.165, 1.54) is 36.6 Å². The summed E-state index contributed by atoms with van der Waals surface area (Å²) in [6.45, 7) is 2.81. The van der Waals surface area contributed by atoms with Crippen LogP contribution in [0.5, 0.6) is 6.01 Å². The van der Waals surface area contributed by atoms with Gasteiger partial charge in [0.15, 0.2) is 0 Å². The summed E-state index contributed by atoms with van der Waals surface area (Å²) in [4.78, 5) is 16.5. The van der Waals surface area contributed by atoms with Gasteiger partial charge in [0, 0.05) is 7.05 Å². The van der Waals surface area contributed by atoms with E-state index >= 15 is 0 Å². The zero-order chi connectivity index (χ0) is 14.9. The lowest BCUT2D eigenvalue weighted by atomic mass is 10.2. The van der Waals surface area contributed by atoms with Crippen LogP contribution >= 0.6 is 0 Å². The molecule has 2 aromatic rings. The third-order valence-corrected chi connectivity index (χ3v) is 2.93. The summed E-state index contributed by atoms with van der Waals surface area (Å²) in [5.74, 6) is 0.823. The topological polar surface area (TPSA) is 90.6 Å². The van der Waals surface area contributed by atoms with Gasteiger partial charge in [0.05, 0.1) is 6.61 Å². The highest BCUT2D eigenvalue weighted by atomic mass is 16.5. The van der Waals surface area contributed by atoms with Crippen LogP contribution in [0.25, 0.3) is 5.95 Å². The van der Waals surface area contributed by atoms with E-state index in [1.54, 1.807) is 7.05 Å². The molecule has 0 radical (unpaired) electrons. The van der Waals surface area contributed by atoms with E-state index in [1.807, 2.05) is 0 Å². The van der Waals surface area contributed by atoms with Crippen LogP contribution in [0, 0.1) is 0 Å². The fourth-order valence-electron chi connectivity index (χ4n) is 1.81. The molecule has 21 heavy (non-hydrogen) atoms. The van der Waals surface area contributed by atoms with Gasteiger partial charge in [-0.15, -0.1) is 0 Å². The molecule has 2 aromatic heterocycles. The van der Waals surface area contributed by atoms with Crippen LogP contribution < -0.4 is 10.1 Å². The normalized spacial score (nSPS) is 10.6. The van der Waals surface area contributed by atoms with Crippen molar-refractivity contribution in [3.63, 3.8) is 0 Å². The second-order valence-corrected chi connectivity index (χ2v) is 4.59. The van der Waals surface area contributed by atoms with E-state index in [2.05, 4.69) is 37.3 Å². The third kappa shape index (κ3) is 4.66. The van der Waals surface area contributed by atoms with Crippen molar-refractivity contribution in [1.82, 2.24) is 29.7 Å². The SMILES string of the molecule is CCCCCCCOc1nc(NC)nc(-n2cncn2)n1. The predicted octanol–water partition coefficient (Wildman–Crippen LogP) is 1.84. The van der Waals surface area contributed by atoms with Crippen molar-refractivity contribution in [2.45, 2.75) is 39.0 Å². The molecular weight excluding hydrogens is 270 g/mol. The molecule has 8 heteroatoms. The number of hydrogen-bond donors (Lipinski definition) is 1. The molecule has 0 spiro atoms. The lowest BCUT2D eigenvalue weighted by Gasteiger charge is -2.07. The van der Waals surface area contributed by atoms with E-state index in [0.717, 1.165) is 12.8 Å². The van der Waals surface area contributed by atoms with Gasteiger partial charge in [0.25, 0.3) is 5.95 Å². The summed E-state index contributed by atoms with van der Waals surface area (Å²) < 4.78 is 7.07. The number of nitrogens with one attached hydrogen (secondary N) is 1. The van der Waals surface area contributed by atoms with Crippen molar-refractivity contribution in [2.75, 3.05) is 19.0 Å². The number of nitrogens with zero attached hydrogens (tertiary/aromatic N) is 6. The highest BCUT2D eigenvalue weighted by Crippen LogP contribution is 2.11. The molecular formula is C13H21N7O. The largest absolute Gasteiger partial charge is 0.463 e. The molecule has 0 aliphatic heterocycles. The van der Waals surface area contributed by atoms with E-state index in [0.29, 0.717) is 24.5 Å². The second kappa shape index (κ2) is 8.13. The first-order valence-corrected chi connectivity index (χ1v) is 7.25. The maximum Gasteiger partial charge on any atom is 0.323 e. The van der Waals surface area contributed by atoms with Crippen molar-refractivity contribution in [2.24, 2.45) is 0 Å². The van der Waals surface area contributed by atoms with Crippen LogP contribution in [-0.2, 0) is 0 Å². The van der Waals surface area contributed by atoms with E-state index in [4.69, 9.17) is 4.74 Å². The molecule has 0 saturated carbocycles. The molecule has 8 nitrogen and oxygen atoms in total. The zero-order valence-corrected chi connectivity index (χ0v) is 12.5. The number of ether oxygens (including phenoxy) is 1. The molecule has 0 fully saturated rings. The van der Waals surface area contributed by atoms with Crippen molar-refractivity contribution in [1.29, 1.82) is 0 Å². The van der Waals surface area contributed by atoms with Crippen LogP contribution in [0.4, 0.5) is 5.95 Å². The summed E-state index contributed by atoms with van der Waals surface area (Å²) in [6, 6.07) is 0.301. The molecule has 1 N–H and O–H groups in total. The van der Waals surface area contributed by atoms with Gasteiger partial charge in [0.1, 0.15) is 12.7 Å². The lowest BCUT2D eigenvalue weighted by Crippen LogP contribution is -2.10. The van der Waals surface area contributed by atoms with Gasteiger partial charge < -0.3 is 10.1 Å². The van der Waals surface area contributed by atoms with Gasteiger partial charge in [-0.2, -0.15) is 24.7 Å². The van der Waals surface area contributed by atoms with Crippen LogP contribution in [0.2, 0.25) is 0 Å². The molecule has 0 aliphatic rings. The Kier molecular flexibility index (Phi) is 5.86. The van der Waals surface area contributed by atoms with E-state index in [9.17, 15) is 0 Å². The minimum atomic E-state index is 0.301. The Balaban J connectivity index is 1.94. The second-order valence-electron chi connectivity index (χ2n) is 4.59. The van der Waals surface area contributed by atoms with Gasteiger partial charge in [-0.3, -0.25) is 0 Å². The van der Waals surface area contributed by atoms with E-state index < -0.39 is 0 Å². The summed E-state index contributed by atoms with van der Waals surface area (Å²) >= 11 is 0. The molecule has 0 amide bonds. The molecule has 0 atom stereocenters. The minimum Gasteiger partial charge on any atom is -0.463 e. The average molecular weight is 291 g/mol. The predicted molar refractivity (Wildman–Crippen MR) is 78.5 cm³/mol. The van der Waals surface area contributed by atoms with E-state index in [-0.39, 0.29) is 0 Å². The number of rotatable bonds is 9. The Morgan fingerprint density at radius 2 is 2.00 bits per heavy atom. The first-order valence-electron chi connectivity index (χ1n) is 7.25. The molecule has 0 saturated heterocycles. The van der Waals surface area contributed by atoms with Gasteiger partial charge in [-0.25, -0.2) is 4.98 Å². The first-order chi connectivity index (χ1) is 10.3. The Hall–Kier alpha value is -2.25. The Labute approximate surface area is 124 Å². The minimum absolute atomic E-state index is 0.301. The first kappa shape index (κ1) is 15.1. The van der Waals surface area contributed by atoms with Gasteiger partial charge >= 0.3 is 6.01 Å². The number of hydrogen-bond acceptors (Lipinski definition) is 7. The van der Waals surface area contributed by atoms with Crippen LogP contribution in [0.3, 0.4) is 0 Å². The Morgan fingerprint density at radius 3 is 2.71 bits per heavy atom. The quantitative estimate of drug-likeness (QED) is 0.705. The number of anilines is 1. The van der Waals surface area contributed by atoms with Gasteiger partial charge in [-0.05, 0) is 6.42 Å². The fraction of sp³-hybridized carbons (Fsp3) is 0.615. The van der Waals surface area contributed by atoms with Crippen molar-refractivity contribution < 1.29 is 4.74 Å².